The zero-order chi connectivity index (χ0) is 17.1. The van der Waals surface area contributed by atoms with E-state index in [1.54, 1.807) is 6.92 Å². The predicted molar refractivity (Wildman–Crippen MR) is 88.1 cm³/mol. The molecule has 3 fully saturated rings. The molecule has 0 aromatic heterocycles. The van der Waals surface area contributed by atoms with Gasteiger partial charge in [0.15, 0.2) is 6.29 Å². The van der Waals surface area contributed by atoms with E-state index < -0.39 is 6.10 Å². The summed E-state index contributed by atoms with van der Waals surface area (Å²) in [6, 6.07) is -0.0239. The molecule has 6 heteroatoms. The van der Waals surface area contributed by atoms with Crippen molar-refractivity contribution in [2.24, 2.45) is 11.8 Å². The lowest BCUT2D eigenvalue weighted by molar-refractivity contribution is -0.212. The third kappa shape index (κ3) is 3.77. The smallest absolute Gasteiger partial charge is 0.232 e. The van der Waals surface area contributed by atoms with E-state index in [2.05, 4.69) is 6.92 Å². The summed E-state index contributed by atoms with van der Waals surface area (Å²) in [5, 5.41) is 10.0. The molecule has 0 bridgehead atoms. The fourth-order valence-corrected chi connectivity index (χ4v) is 4.15. The number of carbonyl (C=O) groups is 1. The van der Waals surface area contributed by atoms with Crippen LogP contribution in [0, 0.1) is 11.8 Å². The van der Waals surface area contributed by atoms with Crippen molar-refractivity contribution in [3.63, 3.8) is 0 Å². The second-order valence-corrected chi connectivity index (χ2v) is 7.43. The van der Waals surface area contributed by atoms with Gasteiger partial charge in [-0.05, 0) is 45.4 Å². The molecule has 0 saturated carbocycles. The van der Waals surface area contributed by atoms with E-state index in [0.717, 1.165) is 45.1 Å². The number of aliphatic hydroxyl groups excluding tert-OH is 1. The highest BCUT2D eigenvalue weighted by molar-refractivity contribution is 5.87. The molecule has 138 valence electrons. The van der Waals surface area contributed by atoms with Crippen molar-refractivity contribution >= 4 is 5.91 Å². The lowest BCUT2D eigenvalue weighted by Crippen LogP contribution is -2.70. The van der Waals surface area contributed by atoms with Gasteiger partial charge in [0.2, 0.25) is 5.91 Å². The van der Waals surface area contributed by atoms with Crippen molar-refractivity contribution in [2.75, 3.05) is 19.8 Å². The molecule has 0 radical (unpaired) electrons. The molecular weight excluding hydrogens is 310 g/mol. The number of β-lactam (4-membered cyclic amide) rings is 1. The van der Waals surface area contributed by atoms with Crippen LogP contribution >= 0.6 is 0 Å². The van der Waals surface area contributed by atoms with E-state index in [-0.39, 0.29) is 36.3 Å². The van der Waals surface area contributed by atoms with Crippen LogP contribution in [0.2, 0.25) is 0 Å². The first kappa shape index (κ1) is 18.1. The molecule has 0 aromatic carbocycles. The zero-order valence-corrected chi connectivity index (χ0v) is 14.9. The van der Waals surface area contributed by atoms with Gasteiger partial charge < -0.3 is 24.2 Å². The molecule has 1 N–H and O–H groups in total. The molecule has 3 heterocycles. The zero-order valence-electron chi connectivity index (χ0n) is 14.9. The van der Waals surface area contributed by atoms with Crippen LogP contribution in [0.3, 0.4) is 0 Å². The van der Waals surface area contributed by atoms with Crippen LogP contribution < -0.4 is 0 Å². The SMILES string of the molecule is CC(O)[C@H]1C(=O)N(C2CCCCO2)[C@@H]1C(C)COC1CCCCO1. The van der Waals surface area contributed by atoms with Crippen molar-refractivity contribution in [2.45, 2.75) is 77.0 Å². The second-order valence-electron chi connectivity index (χ2n) is 7.43. The molecule has 3 rings (SSSR count). The highest BCUT2D eigenvalue weighted by Crippen LogP contribution is 2.39. The summed E-state index contributed by atoms with van der Waals surface area (Å²) in [7, 11) is 0. The van der Waals surface area contributed by atoms with Crippen molar-refractivity contribution in [1.82, 2.24) is 4.90 Å². The Hall–Kier alpha value is -0.690. The minimum atomic E-state index is -0.643. The van der Waals surface area contributed by atoms with E-state index in [1.807, 2.05) is 4.90 Å². The van der Waals surface area contributed by atoms with Gasteiger partial charge in [0.1, 0.15) is 6.23 Å². The summed E-state index contributed by atoms with van der Waals surface area (Å²) in [4.78, 5) is 14.4. The van der Waals surface area contributed by atoms with Crippen LogP contribution in [0.15, 0.2) is 0 Å². The summed E-state index contributed by atoms with van der Waals surface area (Å²) in [5.41, 5.74) is 0. The average Bonchev–Trinajstić information content (AvgIpc) is 2.59. The number of rotatable bonds is 6. The lowest BCUT2D eigenvalue weighted by Gasteiger charge is -2.54. The summed E-state index contributed by atoms with van der Waals surface area (Å²) in [6.07, 6.45) is 5.29. The molecular formula is C18H31NO5. The third-order valence-electron chi connectivity index (χ3n) is 5.48. The van der Waals surface area contributed by atoms with Crippen LogP contribution in [0.1, 0.15) is 52.4 Å². The van der Waals surface area contributed by atoms with Crippen molar-refractivity contribution in [1.29, 1.82) is 0 Å². The standard InChI is InChI=1S/C18H31NO5/c1-12(11-24-15-8-4-6-10-23-15)17-16(13(2)20)18(21)19(17)14-7-3-5-9-22-14/h12-17,20H,3-11H2,1-2H3/t12?,13?,14?,15?,16-,17-/m1/s1. The summed E-state index contributed by atoms with van der Waals surface area (Å²) >= 11 is 0. The number of hydrogen-bond donors (Lipinski definition) is 1. The Balaban J connectivity index is 1.60. The second kappa shape index (κ2) is 8.13. The molecule has 3 saturated heterocycles. The fourth-order valence-electron chi connectivity index (χ4n) is 4.15. The normalized spacial score (nSPS) is 37.0. The number of hydrogen-bond acceptors (Lipinski definition) is 5. The van der Waals surface area contributed by atoms with Gasteiger partial charge in [0.25, 0.3) is 0 Å². The van der Waals surface area contributed by atoms with Crippen molar-refractivity contribution < 1.29 is 24.1 Å². The van der Waals surface area contributed by atoms with Gasteiger partial charge in [-0.1, -0.05) is 6.92 Å². The van der Waals surface area contributed by atoms with E-state index in [4.69, 9.17) is 14.2 Å². The number of likely N-dealkylation sites (tertiary alicyclic amines) is 1. The maximum absolute atomic E-state index is 12.5. The number of carbonyl (C=O) groups excluding carboxylic acids is 1. The minimum Gasteiger partial charge on any atom is -0.393 e. The van der Waals surface area contributed by atoms with Crippen LogP contribution in [-0.4, -0.2) is 60.4 Å². The Kier molecular flexibility index (Phi) is 6.13. The monoisotopic (exact) mass is 341 g/mol. The molecule has 3 aliphatic rings. The quantitative estimate of drug-likeness (QED) is 0.748. The van der Waals surface area contributed by atoms with Gasteiger partial charge in [-0.3, -0.25) is 4.79 Å². The molecule has 0 aromatic rings. The minimum absolute atomic E-state index is 0.0164. The van der Waals surface area contributed by atoms with Crippen molar-refractivity contribution in [3.05, 3.63) is 0 Å². The largest absolute Gasteiger partial charge is 0.393 e. The Morgan fingerprint density at radius 2 is 1.88 bits per heavy atom. The van der Waals surface area contributed by atoms with Gasteiger partial charge in [-0.2, -0.15) is 0 Å². The predicted octanol–water partition coefficient (Wildman–Crippen LogP) is 1.90. The average molecular weight is 341 g/mol. The lowest BCUT2D eigenvalue weighted by atomic mass is 9.76. The van der Waals surface area contributed by atoms with E-state index >= 15 is 0 Å². The molecule has 0 aliphatic carbocycles. The van der Waals surface area contributed by atoms with Gasteiger partial charge in [-0.15, -0.1) is 0 Å². The van der Waals surface area contributed by atoms with Crippen LogP contribution in [0.25, 0.3) is 0 Å². The molecule has 0 spiro atoms. The van der Waals surface area contributed by atoms with Crippen LogP contribution in [0.5, 0.6) is 0 Å². The molecule has 6 nitrogen and oxygen atoms in total. The number of aliphatic hydroxyl groups is 1. The molecule has 4 unspecified atom stereocenters. The number of amides is 1. The maximum Gasteiger partial charge on any atom is 0.232 e. The van der Waals surface area contributed by atoms with Crippen LogP contribution in [-0.2, 0) is 19.0 Å². The summed E-state index contributed by atoms with van der Waals surface area (Å²) in [5.74, 6) is -0.192. The van der Waals surface area contributed by atoms with E-state index in [1.165, 1.54) is 0 Å². The fraction of sp³-hybridized carbons (Fsp3) is 0.944. The Bertz CT molecular complexity index is 418. The summed E-state index contributed by atoms with van der Waals surface area (Å²) < 4.78 is 17.4. The Labute approximate surface area is 144 Å². The molecule has 3 aliphatic heterocycles. The van der Waals surface area contributed by atoms with E-state index in [9.17, 15) is 9.90 Å². The van der Waals surface area contributed by atoms with Crippen molar-refractivity contribution in [3.8, 4) is 0 Å². The van der Waals surface area contributed by atoms with Gasteiger partial charge in [0, 0.05) is 19.1 Å². The van der Waals surface area contributed by atoms with Gasteiger partial charge in [-0.25, -0.2) is 0 Å². The first-order chi connectivity index (χ1) is 11.6. The Morgan fingerprint density at radius 1 is 1.17 bits per heavy atom. The maximum atomic E-state index is 12.5. The highest BCUT2D eigenvalue weighted by atomic mass is 16.7. The van der Waals surface area contributed by atoms with E-state index in [0.29, 0.717) is 13.2 Å². The summed E-state index contributed by atoms with van der Waals surface area (Å²) in [6.45, 7) is 5.80. The topological polar surface area (TPSA) is 68.2 Å². The molecule has 24 heavy (non-hydrogen) atoms. The molecule has 6 atom stereocenters. The van der Waals surface area contributed by atoms with Gasteiger partial charge >= 0.3 is 0 Å². The Morgan fingerprint density at radius 3 is 2.46 bits per heavy atom. The third-order valence-corrected chi connectivity index (χ3v) is 5.48. The highest BCUT2D eigenvalue weighted by Gasteiger charge is 2.54. The van der Waals surface area contributed by atoms with Crippen LogP contribution in [0.4, 0.5) is 0 Å². The number of ether oxygens (including phenoxy) is 3. The first-order valence-electron chi connectivity index (χ1n) is 9.44. The molecule has 1 amide bonds. The first-order valence-corrected chi connectivity index (χ1v) is 9.44. The van der Waals surface area contributed by atoms with Gasteiger partial charge in [0.05, 0.1) is 24.7 Å². The number of nitrogens with zero attached hydrogens (tertiary/aromatic N) is 1.